The zero-order valence-corrected chi connectivity index (χ0v) is 22.6. The van der Waals surface area contributed by atoms with Gasteiger partial charge in [-0.25, -0.2) is 0 Å². The highest BCUT2D eigenvalue weighted by molar-refractivity contribution is 6.31. The van der Waals surface area contributed by atoms with E-state index in [9.17, 15) is 9.59 Å². The van der Waals surface area contributed by atoms with Crippen molar-refractivity contribution in [3.8, 4) is 5.75 Å². The lowest BCUT2D eigenvalue weighted by molar-refractivity contribution is -0.119. The molecule has 0 atom stereocenters. The van der Waals surface area contributed by atoms with Crippen molar-refractivity contribution in [2.24, 2.45) is 10.8 Å². The van der Waals surface area contributed by atoms with Crippen molar-refractivity contribution in [3.63, 3.8) is 0 Å². The number of dihydropyridines is 1. The van der Waals surface area contributed by atoms with E-state index in [-0.39, 0.29) is 29.0 Å². The first kappa shape index (κ1) is 25.1. The van der Waals surface area contributed by atoms with Gasteiger partial charge in [0.1, 0.15) is 12.4 Å². The molecule has 4 nitrogen and oxygen atoms in total. The van der Waals surface area contributed by atoms with E-state index < -0.39 is 5.92 Å². The minimum absolute atomic E-state index is 0.0694. The van der Waals surface area contributed by atoms with E-state index in [4.69, 9.17) is 27.9 Å². The van der Waals surface area contributed by atoms with Crippen LogP contribution in [0, 0.1) is 10.8 Å². The number of ketones is 2. The molecule has 0 saturated heterocycles. The Labute approximate surface area is 222 Å². The maximum Gasteiger partial charge on any atom is 0.162 e. The smallest absolute Gasteiger partial charge is 0.162 e. The normalized spacial score (nSPS) is 21.2. The van der Waals surface area contributed by atoms with Gasteiger partial charge in [0.05, 0.1) is 0 Å². The molecular formula is C30H31Cl2NO3. The first-order valence-electron chi connectivity index (χ1n) is 12.4. The van der Waals surface area contributed by atoms with Crippen LogP contribution in [-0.2, 0) is 16.2 Å². The van der Waals surface area contributed by atoms with Crippen molar-refractivity contribution in [1.82, 2.24) is 5.32 Å². The highest BCUT2D eigenvalue weighted by Gasteiger charge is 2.47. The number of nitrogens with one attached hydrogen (secondary N) is 1. The number of allylic oxidation sites excluding steroid dienone is 4. The quantitative estimate of drug-likeness (QED) is 0.449. The number of rotatable bonds is 4. The Hall–Kier alpha value is -2.56. The summed E-state index contributed by atoms with van der Waals surface area (Å²) in [7, 11) is 0. The number of hydrogen-bond acceptors (Lipinski definition) is 4. The van der Waals surface area contributed by atoms with Gasteiger partial charge in [0.25, 0.3) is 0 Å². The fraction of sp³-hybridized carbons (Fsp3) is 0.400. The Balaban J connectivity index is 1.65. The van der Waals surface area contributed by atoms with Gasteiger partial charge in [0.15, 0.2) is 11.6 Å². The predicted octanol–water partition coefficient (Wildman–Crippen LogP) is 7.55. The third-order valence-corrected chi connectivity index (χ3v) is 7.95. The van der Waals surface area contributed by atoms with Crippen molar-refractivity contribution in [2.75, 3.05) is 0 Å². The third-order valence-electron chi connectivity index (χ3n) is 7.34. The number of halogens is 2. The number of carbonyl (C=O) groups is 2. The Kier molecular flexibility index (Phi) is 6.33. The molecule has 1 N–H and O–H groups in total. The zero-order chi connectivity index (χ0) is 25.8. The van der Waals surface area contributed by atoms with Crippen LogP contribution in [0.3, 0.4) is 0 Å². The Bertz CT molecular complexity index is 1280. The largest absolute Gasteiger partial charge is 0.489 e. The fourth-order valence-corrected chi connectivity index (χ4v) is 6.22. The number of carbonyl (C=O) groups excluding carboxylic acids is 2. The summed E-state index contributed by atoms with van der Waals surface area (Å²) in [5.41, 5.74) is 4.48. The van der Waals surface area contributed by atoms with E-state index in [2.05, 4.69) is 33.0 Å². The second-order valence-corrected chi connectivity index (χ2v) is 12.6. The van der Waals surface area contributed by atoms with Crippen molar-refractivity contribution in [1.29, 1.82) is 0 Å². The van der Waals surface area contributed by atoms with Crippen LogP contribution in [0.15, 0.2) is 65.0 Å². The van der Waals surface area contributed by atoms with E-state index in [0.29, 0.717) is 39.8 Å². The first-order chi connectivity index (χ1) is 16.9. The lowest BCUT2D eigenvalue weighted by Gasteiger charge is -2.44. The monoisotopic (exact) mass is 523 g/mol. The fourth-order valence-electron chi connectivity index (χ4n) is 5.85. The second kappa shape index (κ2) is 9.08. The molecule has 1 heterocycles. The molecule has 0 spiro atoms. The third kappa shape index (κ3) is 4.73. The maximum absolute atomic E-state index is 13.6. The van der Waals surface area contributed by atoms with Crippen LogP contribution >= 0.6 is 23.2 Å². The predicted molar refractivity (Wildman–Crippen MR) is 143 cm³/mol. The van der Waals surface area contributed by atoms with Crippen molar-refractivity contribution in [3.05, 3.63) is 86.2 Å². The summed E-state index contributed by atoms with van der Waals surface area (Å²) in [5, 5.41) is 4.71. The summed E-state index contributed by atoms with van der Waals surface area (Å²) in [6.45, 7) is 8.72. The highest BCUT2D eigenvalue weighted by atomic mass is 35.5. The van der Waals surface area contributed by atoms with E-state index >= 15 is 0 Å². The van der Waals surface area contributed by atoms with Gasteiger partial charge in [-0.2, -0.15) is 0 Å². The molecule has 0 fully saturated rings. The van der Waals surface area contributed by atoms with Crippen LogP contribution in [0.2, 0.25) is 10.0 Å². The van der Waals surface area contributed by atoms with Crippen LogP contribution in [-0.4, -0.2) is 11.6 Å². The van der Waals surface area contributed by atoms with E-state index in [0.717, 1.165) is 35.4 Å². The molecule has 0 radical (unpaired) electrons. The number of ether oxygens (including phenoxy) is 1. The van der Waals surface area contributed by atoms with Gasteiger partial charge in [0, 0.05) is 62.5 Å². The zero-order valence-electron chi connectivity index (χ0n) is 21.1. The van der Waals surface area contributed by atoms with Gasteiger partial charge in [-0.1, -0.05) is 69.1 Å². The molecule has 0 bridgehead atoms. The molecule has 2 aromatic rings. The Morgan fingerprint density at radius 3 is 2.03 bits per heavy atom. The molecule has 1 aliphatic heterocycles. The molecule has 6 heteroatoms. The minimum atomic E-state index is -0.511. The topological polar surface area (TPSA) is 55.4 Å². The van der Waals surface area contributed by atoms with Crippen LogP contribution < -0.4 is 10.1 Å². The molecule has 2 aliphatic carbocycles. The van der Waals surface area contributed by atoms with Crippen molar-refractivity contribution in [2.45, 2.75) is 65.9 Å². The number of Topliss-reactive ketones (excluding diaryl/α,β-unsaturated/α-hetero) is 2. The summed E-state index contributed by atoms with van der Waals surface area (Å²) in [5.74, 6) is 0.225. The van der Waals surface area contributed by atoms with Gasteiger partial charge in [-0.05, 0) is 47.9 Å². The highest BCUT2D eigenvalue weighted by Crippen LogP contribution is 2.52. The average molecular weight is 524 g/mol. The Morgan fingerprint density at radius 2 is 1.44 bits per heavy atom. The van der Waals surface area contributed by atoms with Gasteiger partial charge >= 0.3 is 0 Å². The SMILES string of the molecule is CC1(C)CC(=O)C2=C(C1)NC1=C(C(=O)CC(C)(C)C1)C2c1cc(Cl)ccc1OCc1ccccc1Cl. The molecular weight excluding hydrogens is 493 g/mol. The van der Waals surface area contributed by atoms with Gasteiger partial charge in [0.2, 0.25) is 0 Å². The lowest BCUT2D eigenvalue weighted by atomic mass is 9.64. The van der Waals surface area contributed by atoms with Crippen LogP contribution in [0.1, 0.15) is 70.4 Å². The maximum atomic E-state index is 13.6. The molecule has 5 rings (SSSR count). The summed E-state index contributed by atoms with van der Waals surface area (Å²) in [6, 6.07) is 13.0. The summed E-state index contributed by atoms with van der Waals surface area (Å²) in [4.78, 5) is 27.3. The standard InChI is InChI=1S/C30H31Cl2NO3/c1-29(2)12-21-27(23(34)14-29)26(28-22(33-21)13-30(3,4)15-24(28)35)19-11-18(31)9-10-25(19)36-16-17-7-5-6-8-20(17)32/h5-11,26,33H,12-16H2,1-4H3. The van der Waals surface area contributed by atoms with E-state index in [1.54, 1.807) is 6.07 Å². The molecule has 188 valence electrons. The Morgan fingerprint density at radius 1 is 0.861 bits per heavy atom. The molecule has 0 aromatic heterocycles. The van der Waals surface area contributed by atoms with Crippen molar-refractivity contribution >= 4 is 34.8 Å². The summed E-state index contributed by atoms with van der Waals surface area (Å²) < 4.78 is 6.29. The van der Waals surface area contributed by atoms with Crippen LogP contribution in [0.25, 0.3) is 0 Å². The molecule has 0 unspecified atom stereocenters. The second-order valence-electron chi connectivity index (χ2n) is 11.8. The molecule has 3 aliphatic rings. The first-order valence-corrected chi connectivity index (χ1v) is 13.1. The number of benzene rings is 2. The van der Waals surface area contributed by atoms with E-state index in [1.807, 2.05) is 36.4 Å². The minimum Gasteiger partial charge on any atom is -0.489 e. The van der Waals surface area contributed by atoms with E-state index in [1.165, 1.54) is 0 Å². The van der Waals surface area contributed by atoms with Gasteiger partial charge in [-0.3, -0.25) is 9.59 Å². The van der Waals surface area contributed by atoms with Crippen LogP contribution in [0.4, 0.5) is 0 Å². The molecule has 0 amide bonds. The molecule has 2 aromatic carbocycles. The molecule has 36 heavy (non-hydrogen) atoms. The van der Waals surface area contributed by atoms with Crippen molar-refractivity contribution < 1.29 is 14.3 Å². The number of hydrogen-bond donors (Lipinski definition) is 1. The van der Waals surface area contributed by atoms with Gasteiger partial charge < -0.3 is 10.1 Å². The average Bonchev–Trinajstić information content (AvgIpc) is 2.76. The lowest BCUT2D eigenvalue weighted by Crippen LogP contribution is -2.42. The summed E-state index contributed by atoms with van der Waals surface area (Å²) in [6.07, 6.45) is 2.35. The van der Waals surface area contributed by atoms with Gasteiger partial charge in [-0.15, -0.1) is 0 Å². The van der Waals surface area contributed by atoms with Crippen LogP contribution in [0.5, 0.6) is 5.75 Å². The summed E-state index contributed by atoms with van der Waals surface area (Å²) >= 11 is 12.9. The molecule has 0 saturated carbocycles.